The largest absolute Gasteiger partial charge is 0.378 e. The molecule has 1 fully saturated rings. The second-order valence-corrected chi connectivity index (χ2v) is 4.70. The van der Waals surface area contributed by atoms with E-state index in [-0.39, 0.29) is 29.8 Å². The first-order valence-corrected chi connectivity index (χ1v) is 6.59. The van der Waals surface area contributed by atoms with Crippen molar-refractivity contribution in [2.75, 3.05) is 25.0 Å². The standard InChI is InChI=1S/C13H16N4O4/c18-12-7-9(8-16-12)13(19)15-6-5-14-10-3-1-2-4-11(10)17(20)21/h1-4,9,14H,5-8H2,(H,15,19)(H,16,18)/t9-/m0/s1. The van der Waals surface area contributed by atoms with Crippen molar-refractivity contribution >= 4 is 23.2 Å². The topological polar surface area (TPSA) is 113 Å². The number of nitro benzene ring substituents is 1. The Labute approximate surface area is 121 Å². The number of nitrogens with zero attached hydrogens (tertiary/aromatic N) is 1. The molecule has 8 nitrogen and oxygen atoms in total. The normalized spacial score (nSPS) is 17.1. The Hall–Kier alpha value is -2.64. The molecule has 1 saturated heterocycles. The van der Waals surface area contributed by atoms with Crippen LogP contribution in [0.15, 0.2) is 24.3 Å². The third-order valence-electron chi connectivity index (χ3n) is 3.19. The van der Waals surface area contributed by atoms with E-state index < -0.39 is 4.92 Å². The summed E-state index contributed by atoms with van der Waals surface area (Å²) in [5.74, 6) is -0.630. The summed E-state index contributed by atoms with van der Waals surface area (Å²) in [6.45, 7) is 1.06. The van der Waals surface area contributed by atoms with Crippen LogP contribution in [0.25, 0.3) is 0 Å². The molecule has 1 atom stereocenters. The smallest absolute Gasteiger partial charge is 0.292 e. The summed E-state index contributed by atoms with van der Waals surface area (Å²) in [5.41, 5.74) is 0.406. The maximum Gasteiger partial charge on any atom is 0.292 e. The monoisotopic (exact) mass is 292 g/mol. The summed E-state index contributed by atoms with van der Waals surface area (Å²) in [6.07, 6.45) is 0.212. The van der Waals surface area contributed by atoms with Crippen LogP contribution in [0, 0.1) is 16.0 Å². The van der Waals surface area contributed by atoms with Gasteiger partial charge in [-0.25, -0.2) is 0 Å². The molecular formula is C13H16N4O4. The van der Waals surface area contributed by atoms with Crippen LogP contribution in [-0.2, 0) is 9.59 Å². The number of para-hydroxylation sites is 2. The lowest BCUT2D eigenvalue weighted by molar-refractivity contribution is -0.384. The molecule has 2 rings (SSSR count). The Morgan fingerprint density at radius 3 is 2.81 bits per heavy atom. The third kappa shape index (κ3) is 3.91. The fourth-order valence-electron chi connectivity index (χ4n) is 2.10. The molecule has 0 aromatic heterocycles. The van der Waals surface area contributed by atoms with E-state index in [4.69, 9.17) is 0 Å². The highest BCUT2D eigenvalue weighted by Gasteiger charge is 2.27. The molecule has 2 amide bonds. The first kappa shape index (κ1) is 14.8. The molecule has 0 spiro atoms. The summed E-state index contributed by atoms with van der Waals surface area (Å²) < 4.78 is 0. The molecule has 112 valence electrons. The number of hydrogen-bond acceptors (Lipinski definition) is 5. The van der Waals surface area contributed by atoms with Crippen molar-refractivity contribution in [1.82, 2.24) is 10.6 Å². The van der Waals surface area contributed by atoms with Crippen LogP contribution in [0.5, 0.6) is 0 Å². The van der Waals surface area contributed by atoms with Crippen LogP contribution in [0.1, 0.15) is 6.42 Å². The van der Waals surface area contributed by atoms with Gasteiger partial charge in [-0.3, -0.25) is 19.7 Å². The second kappa shape index (κ2) is 6.69. The molecule has 1 aromatic carbocycles. The van der Waals surface area contributed by atoms with Crippen molar-refractivity contribution in [1.29, 1.82) is 0 Å². The number of anilines is 1. The first-order chi connectivity index (χ1) is 10.1. The van der Waals surface area contributed by atoms with Crippen molar-refractivity contribution in [3.8, 4) is 0 Å². The Morgan fingerprint density at radius 1 is 1.38 bits per heavy atom. The average Bonchev–Trinajstić information content (AvgIpc) is 2.90. The van der Waals surface area contributed by atoms with Crippen molar-refractivity contribution in [2.24, 2.45) is 5.92 Å². The van der Waals surface area contributed by atoms with Gasteiger partial charge in [0, 0.05) is 32.1 Å². The summed E-state index contributed by atoms with van der Waals surface area (Å²) in [6, 6.07) is 6.31. The highest BCUT2D eigenvalue weighted by Crippen LogP contribution is 2.22. The van der Waals surface area contributed by atoms with Gasteiger partial charge in [-0.05, 0) is 6.07 Å². The number of hydrogen-bond donors (Lipinski definition) is 3. The van der Waals surface area contributed by atoms with E-state index >= 15 is 0 Å². The Bertz CT molecular complexity index is 561. The minimum atomic E-state index is -0.462. The molecule has 8 heteroatoms. The number of carbonyl (C=O) groups is 2. The first-order valence-electron chi connectivity index (χ1n) is 6.59. The highest BCUT2D eigenvalue weighted by atomic mass is 16.6. The summed E-state index contributed by atoms with van der Waals surface area (Å²) in [7, 11) is 0. The summed E-state index contributed by atoms with van der Waals surface area (Å²) in [4.78, 5) is 33.1. The molecule has 3 N–H and O–H groups in total. The fraction of sp³-hybridized carbons (Fsp3) is 0.385. The Kier molecular flexibility index (Phi) is 4.70. The van der Waals surface area contributed by atoms with Crippen LogP contribution >= 0.6 is 0 Å². The van der Waals surface area contributed by atoms with Crippen LogP contribution in [0.2, 0.25) is 0 Å². The molecule has 1 aromatic rings. The second-order valence-electron chi connectivity index (χ2n) is 4.70. The number of nitrogens with one attached hydrogen (secondary N) is 3. The summed E-state index contributed by atoms with van der Waals surface area (Å²) >= 11 is 0. The molecular weight excluding hydrogens is 276 g/mol. The predicted octanol–water partition coefficient (Wildman–Crippen LogP) is 0.259. The van der Waals surface area contributed by atoms with E-state index in [0.717, 1.165) is 0 Å². The van der Waals surface area contributed by atoms with Gasteiger partial charge in [-0.1, -0.05) is 12.1 Å². The molecule has 0 aliphatic carbocycles. The van der Waals surface area contributed by atoms with Crippen LogP contribution in [0.3, 0.4) is 0 Å². The van der Waals surface area contributed by atoms with Crippen molar-refractivity contribution < 1.29 is 14.5 Å². The van der Waals surface area contributed by atoms with Gasteiger partial charge in [0.1, 0.15) is 5.69 Å². The number of carbonyl (C=O) groups excluding carboxylic acids is 2. The van der Waals surface area contributed by atoms with Gasteiger partial charge in [0.15, 0.2) is 0 Å². The lowest BCUT2D eigenvalue weighted by Crippen LogP contribution is -2.35. The molecule has 1 aliphatic rings. The summed E-state index contributed by atoms with van der Waals surface area (Å²) in [5, 5.41) is 19.0. The molecule has 0 bridgehead atoms. The van der Waals surface area contributed by atoms with E-state index in [0.29, 0.717) is 25.3 Å². The van der Waals surface area contributed by atoms with E-state index in [2.05, 4.69) is 16.0 Å². The molecule has 1 aliphatic heterocycles. The van der Waals surface area contributed by atoms with E-state index in [9.17, 15) is 19.7 Å². The quantitative estimate of drug-likeness (QED) is 0.395. The third-order valence-corrected chi connectivity index (χ3v) is 3.19. The van der Waals surface area contributed by atoms with Gasteiger partial charge in [-0.2, -0.15) is 0 Å². The maximum atomic E-state index is 11.7. The van der Waals surface area contributed by atoms with Crippen molar-refractivity contribution in [3.05, 3.63) is 34.4 Å². The van der Waals surface area contributed by atoms with Gasteiger partial charge in [-0.15, -0.1) is 0 Å². The van der Waals surface area contributed by atoms with E-state index in [1.54, 1.807) is 18.2 Å². The number of nitro groups is 1. The molecule has 0 unspecified atom stereocenters. The van der Waals surface area contributed by atoms with E-state index in [1.807, 2.05) is 0 Å². The zero-order valence-electron chi connectivity index (χ0n) is 11.3. The van der Waals surface area contributed by atoms with Gasteiger partial charge in [0.2, 0.25) is 11.8 Å². The Morgan fingerprint density at radius 2 is 2.14 bits per heavy atom. The van der Waals surface area contributed by atoms with E-state index in [1.165, 1.54) is 6.07 Å². The van der Waals surface area contributed by atoms with Crippen molar-refractivity contribution in [2.45, 2.75) is 6.42 Å². The zero-order chi connectivity index (χ0) is 15.2. The van der Waals surface area contributed by atoms with Gasteiger partial charge < -0.3 is 16.0 Å². The average molecular weight is 292 g/mol. The van der Waals surface area contributed by atoms with Gasteiger partial charge in [0.05, 0.1) is 10.8 Å². The van der Waals surface area contributed by atoms with Crippen LogP contribution in [0.4, 0.5) is 11.4 Å². The van der Waals surface area contributed by atoms with Crippen molar-refractivity contribution in [3.63, 3.8) is 0 Å². The minimum Gasteiger partial charge on any atom is -0.378 e. The maximum absolute atomic E-state index is 11.7. The van der Waals surface area contributed by atoms with Gasteiger partial charge in [0.25, 0.3) is 5.69 Å². The SMILES string of the molecule is O=C1C[C@H](C(=O)NCCNc2ccccc2[N+](=O)[O-])CN1. The highest BCUT2D eigenvalue weighted by molar-refractivity contribution is 5.89. The van der Waals surface area contributed by atoms with Crippen LogP contribution in [-0.4, -0.2) is 36.4 Å². The number of rotatable bonds is 6. The Balaban J connectivity index is 1.76. The number of benzene rings is 1. The molecule has 0 radical (unpaired) electrons. The van der Waals surface area contributed by atoms with Gasteiger partial charge >= 0.3 is 0 Å². The molecule has 0 saturated carbocycles. The zero-order valence-corrected chi connectivity index (χ0v) is 11.3. The predicted molar refractivity (Wildman–Crippen MR) is 75.7 cm³/mol. The fourth-order valence-corrected chi connectivity index (χ4v) is 2.10. The lowest BCUT2D eigenvalue weighted by atomic mass is 10.1. The molecule has 21 heavy (non-hydrogen) atoms. The molecule has 1 heterocycles. The van der Waals surface area contributed by atoms with Crippen LogP contribution < -0.4 is 16.0 Å². The minimum absolute atomic E-state index is 0.00517. The lowest BCUT2D eigenvalue weighted by Gasteiger charge is -2.10. The number of amides is 2.